The predicted molar refractivity (Wildman–Crippen MR) is 70.9 cm³/mol. The Morgan fingerprint density at radius 3 is 2.32 bits per heavy atom. The van der Waals surface area contributed by atoms with Crippen LogP contribution in [0, 0.1) is 0 Å². The van der Waals surface area contributed by atoms with Gasteiger partial charge in [-0.1, -0.05) is 18.2 Å². The normalized spacial score (nSPS) is 11.4. The zero-order valence-corrected chi connectivity index (χ0v) is 11.1. The number of carbonyl (C=O) groups is 1. The van der Waals surface area contributed by atoms with Crippen LogP contribution in [-0.4, -0.2) is 21.1 Å². The minimum absolute atomic E-state index is 0.117. The monoisotopic (exact) mass is 312 g/mol. The van der Waals surface area contributed by atoms with Crippen LogP contribution in [0.2, 0.25) is 0 Å². The van der Waals surface area contributed by atoms with Crippen molar-refractivity contribution in [3.63, 3.8) is 0 Å². The quantitative estimate of drug-likeness (QED) is 0.600. The summed E-state index contributed by atoms with van der Waals surface area (Å²) in [6.07, 6.45) is -4.90. The van der Waals surface area contributed by atoms with Crippen molar-refractivity contribution in [1.29, 1.82) is 0 Å². The molecule has 3 N–H and O–H groups in total. The third-order valence-corrected chi connectivity index (χ3v) is 3.05. The van der Waals surface area contributed by atoms with Crippen molar-refractivity contribution in [2.24, 2.45) is 0 Å². The number of alkyl halides is 3. The van der Waals surface area contributed by atoms with Crippen LogP contribution in [0.3, 0.4) is 0 Å². The van der Waals surface area contributed by atoms with E-state index in [-0.39, 0.29) is 17.5 Å². The van der Waals surface area contributed by atoms with E-state index in [1.54, 1.807) is 0 Å². The van der Waals surface area contributed by atoms with E-state index in [1.807, 2.05) is 0 Å². The predicted octanol–water partition coefficient (Wildman–Crippen LogP) is 3.25. The fourth-order valence-corrected chi connectivity index (χ4v) is 1.93. The number of ketones is 1. The number of hydrogen-bond acceptors (Lipinski definition) is 4. The first-order chi connectivity index (χ1) is 10.2. The highest BCUT2D eigenvalue weighted by Crippen LogP contribution is 2.37. The number of halogens is 3. The van der Waals surface area contributed by atoms with E-state index < -0.39 is 34.8 Å². The van der Waals surface area contributed by atoms with Crippen molar-refractivity contribution in [2.45, 2.75) is 12.6 Å². The summed E-state index contributed by atoms with van der Waals surface area (Å²) < 4.78 is 37.8. The van der Waals surface area contributed by atoms with Crippen molar-refractivity contribution in [3.8, 4) is 17.2 Å². The molecule has 2 rings (SSSR count). The Hall–Kier alpha value is -2.70. The number of phenolic OH excluding ortho intramolecular Hbond substituents is 3. The van der Waals surface area contributed by atoms with E-state index in [4.69, 9.17) is 0 Å². The van der Waals surface area contributed by atoms with Gasteiger partial charge in [0, 0.05) is 6.42 Å². The van der Waals surface area contributed by atoms with Gasteiger partial charge in [0.15, 0.2) is 17.3 Å². The van der Waals surface area contributed by atoms with Gasteiger partial charge >= 0.3 is 6.18 Å². The molecule has 0 aliphatic heterocycles. The van der Waals surface area contributed by atoms with Crippen LogP contribution in [0.4, 0.5) is 13.2 Å². The van der Waals surface area contributed by atoms with Crippen LogP contribution in [0.15, 0.2) is 36.4 Å². The van der Waals surface area contributed by atoms with Gasteiger partial charge < -0.3 is 15.3 Å². The van der Waals surface area contributed by atoms with E-state index in [1.165, 1.54) is 12.1 Å². The average Bonchev–Trinajstić information content (AvgIpc) is 2.44. The van der Waals surface area contributed by atoms with E-state index >= 15 is 0 Å². The smallest absolute Gasteiger partial charge is 0.416 e. The summed E-state index contributed by atoms with van der Waals surface area (Å²) in [5.74, 6) is -2.95. The van der Waals surface area contributed by atoms with Crippen LogP contribution >= 0.6 is 0 Å². The first-order valence-electron chi connectivity index (χ1n) is 6.13. The summed E-state index contributed by atoms with van der Waals surface area (Å²) in [6.45, 7) is 0. The molecule has 0 aliphatic carbocycles. The Morgan fingerprint density at radius 2 is 1.68 bits per heavy atom. The number of Topliss-reactive ketones (excluding diaryl/α,β-unsaturated/α-hetero) is 1. The zero-order valence-electron chi connectivity index (χ0n) is 11.1. The third-order valence-electron chi connectivity index (χ3n) is 3.05. The van der Waals surface area contributed by atoms with E-state index in [9.17, 15) is 33.3 Å². The Labute approximate surface area is 123 Å². The van der Waals surface area contributed by atoms with Crippen molar-refractivity contribution in [2.75, 3.05) is 0 Å². The second-order valence-electron chi connectivity index (χ2n) is 4.63. The molecule has 0 spiro atoms. The second-order valence-corrected chi connectivity index (χ2v) is 4.63. The molecule has 0 radical (unpaired) electrons. The van der Waals surface area contributed by atoms with Gasteiger partial charge in [-0.05, 0) is 23.8 Å². The number of carbonyl (C=O) groups excluding carboxylic acids is 1. The molecule has 116 valence electrons. The maximum Gasteiger partial charge on any atom is 0.416 e. The molecule has 4 nitrogen and oxygen atoms in total. The number of rotatable bonds is 3. The summed E-state index contributed by atoms with van der Waals surface area (Å²) >= 11 is 0. The molecule has 0 aromatic heterocycles. The highest BCUT2D eigenvalue weighted by atomic mass is 19.4. The molecule has 2 aromatic rings. The van der Waals surface area contributed by atoms with E-state index in [0.29, 0.717) is 0 Å². The van der Waals surface area contributed by atoms with Crippen LogP contribution in [-0.2, 0) is 12.6 Å². The molecule has 0 heterocycles. The first kappa shape index (κ1) is 15.7. The van der Waals surface area contributed by atoms with Crippen LogP contribution in [0.25, 0.3) is 0 Å². The van der Waals surface area contributed by atoms with Crippen molar-refractivity contribution in [3.05, 3.63) is 53.1 Å². The molecular weight excluding hydrogens is 301 g/mol. The summed E-state index contributed by atoms with van der Waals surface area (Å²) in [6, 6.07) is 6.35. The Bertz CT molecular complexity index is 723. The molecule has 0 fully saturated rings. The van der Waals surface area contributed by atoms with Gasteiger partial charge in [0.2, 0.25) is 5.75 Å². The third kappa shape index (κ3) is 3.13. The largest absolute Gasteiger partial charge is 0.504 e. The number of phenols is 3. The summed E-state index contributed by atoms with van der Waals surface area (Å²) in [5, 5.41) is 28.1. The highest BCUT2D eigenvalue weighted by molar-refractivity contribution is 6.00. The van der Waals surface area contributed by atoms with Gasteiger partial charge in [-0.25, -0.2) is 0 Å². The van der Waals surface area contributed by atoms with Gasteiger partial charge in [-0.3, -0.25) is 4.79 Å². The summed E-state index contributed by atoms with van der Waals surface area (Å²) in [7, 11) is 0. The van der Waals surface area contributed by atoms with Crippen LogP contribution < -0.4 is 0 Å². The molecular formula is C15H11F3O4. The Kier molecular flexibility index (Phi) is 3.99. The molecule has 0 unspecified atom stereocenters. The van der Waals surface area contributed by atoms with Gasteiger partial charge in [0.05, 0.1) is 11.1 Å². The summed E-state index contributed by atoms with van der Waals surface area (Å²) in [4.78, 5) is 12.0. The number of aromatic hydroxyl groups is 3. The standard InChI is InChI=1S/C15H11F3O4/c16-15(17,18)9-3-1-2-8(6-9)7-12(20)10-4-5-11(19)14(22)13(10)21/h1-6,19,21-22H,7H2. The van der Waals surface area contributed by atoms with Gasteiger partial charge in [0.25, 0.3) is 0 Å². The lowest BCUT2D eigenvalue weighted by Crippen LogP contribution is -2.08. The van der Waals surface area contributed by atoms with Crippen molar-refractivity contribution in [1.82, 2.24) is 0 Å². The molecule has 7 heteroatoms. The summed E-state index contributed by atoms with van der Waals surface area (Å²) in [5.41, 5.74) is -1.05. The minimum atomic E-state index is -4.52. The van der Waals surface area contributed by atoms with E-state index in [2.05, 4.69) is 0 Å². The average molecular weight is 312 g/mol. The maximum absolute atomic E-state index is 12.6. The molecule has 22 heavy (non-hydrogen) atoms. The zero-order chi connectivity index (χ0) is 16.5. The minimum Gasteiger partial charge on any atom is -0.504 e. The van der Waals surface area contributed by atoms with Gasteiger partial charge in [-0.15, -0.1) is 0 Å². The molecule has 0 atom stereocenters. The lowest BCUT2D eigenvalue weighted by atomic mass is 10.00. The number of benzene rings is 2. The molecule has 0 amide bonds. The molecule has 0 saturated carbocycles. The van der Waals surface area contributed by atoms with Crippen molar-refractivity contribution >= 4 is 5.78 Å². The lowest BCUT2D eigenvalue weighted by molar-refractivity contribution is -0.137. The Balaban J connectivity index is 2.28. The number of hydrogen-bond donors (Lipinski definition) is 3. The molecule has 2 aromatic carbocycles. The highest BCUT2D eigenvalue weighted by Gasteiger charge is 2.30. The van der Waals surface area contributed by atoms with E-state index in [0.717, 1.165) is 24.3 Å². The maximum atomic E-state index is 12.6. The van der Waals surface area contributed by atoms with Crippen LogP contribution in [0.5, 0.6) is 17.2 Å². The Morgan fingerprint density at radius 1 is 1.00 bits per heavy atom. The fraction of sp³-hybridized carbons (Fsp3) is 0.133. The van der Waals surface area contributed by atoms with Crippen molar-refractivity contribution < 1.29 is 33.3 Å². The van der Waals surface area contributed by atoms with Crippen LogP contribution in [0.1, 0.15) is 21.5 Å². The lowest BCUT2D eigenvalue weighted by Gasteiger charge is -2.09. The molecule has 0 bridgehead atoms. The van der Waals surface area contributed by atoms with Gasteiger partial charge in [0.1, 0.15) is 0 Å². The first-order valence-corrected chi connectivity index (χ1v) is 6.13. The van der Waals surface area contributed by atoms with Gasteiger partial charge in [-0.2, -0.15) is 13.2 Å². The fourth-order valence-electron chi connectivity index (χ4n) is 1.93. The topological polar surface area (TPSA) is 77.8 Å². The molecule has 0 aliphatic rings. The molecule has 0 saturated heterocycles. The SMILES string of the molecule is O=C(Cc1cccc(C(F)(F)F)c1)c1ccc(O)c(O)c1O. The second kappa shape index (κ2) is 5.59.